The molecule has 2 unspecified atom stereocenters. The predicted octanol–water partition coefficient (Wildman–Crippen LogP) is 7.24. The molecule has 0 amide bonds. The molecule has 36 heavy (non-hydrogen) atoms. The first-order chi connectivity index (χ1) is 17.3. The molecule has 0 radical (unpaired) electrons. The largest absolute Gasteiger partial charge is 0.386 e. The third-order valence-corrected chi connectivity index (χ3v) is 6.10. The fraction of sp³-hybridized carbons (Fsp3) is 0.621. The minimum atomic E-state index is -1.27. The van der Waals surface area contributed by atoms with Crippen molar-refractivity contribution in [3.63, 3.8) is 0 Å². The lowest BCUT2D eigenvalue weighted by Crippen LogP contribution is -2.36. The number of hydrogen-bond donors (Lipinski definition) is 4. The van der Waals surface area contributed by atoms with E-state index in [1.807, 2.05) is 26.8 Å². The van der Waals surface area contributed by atoms with Gasteiger partial charge in [0.25, 0.3) is 0 Å². The summed E-state index contributed by atoms with van der Waals surface area (Å²) in [6.45, 7) is 20.5. The van der Waals surface area contributed by atoms with E-state index in [1.54, 1.807) is 18.2 Å². The first kappa shape index (κ1) is 34.1. The highest BCUT2D eigenvalue weighted by molar-refractivity contribution is 6.31. The van der Waals surface area contributed by atoms with Gasteiger partial charge in [0.05, 0.1) is 5.69 Å². The molecule has 4 N–H and O–H groups in total. The number of H-pyrrole nitrogens is 1. The van der Waals surface area contributed by atoms with Gasteiger partial charge in [0.15, 0.2) is 6.17 Å². The summed E-state index contributed by atoms with van der Waals surface area (Å²) in [5.41, 5.74) is 3.16. The molecular formula is C29H51ClFN5. The monoisotopic (exact) mass is 523 g/mol. The Bertz CT molecular complexity index is 763. The summed E-state index contributed by atoms with van der Waals surface area (Å²) in [6.07, 6.45) is 11.8. The summed E-state index contributed by atoms with van der Waals surface area (Å²) >= 11 is 6.31. The van der Waals surface area contributed by atoms with Crippen LogP contribution in [0.25, 0.3) is 0 Å². The van der Waals surface area contributed by atoms with E-state index in [0.29, 0.717) is 36.3 Å². The molecule has 1 aliphatic rings. The molecule has 0 spiro atoms. The molecule has 1 aromatic heterocycles. The van der Waals surface area contributed by atoms with Crippen molar-refractivity contribution in [3.8, 4) is 0 Å². The van der Waals surface area contributed by atoms with E-state index in [-0.39, 0.29) is 0 Å². The highest BCUT2D eigenvalue weighted by Gasteiger charge is 2.14. The van der Waals surface area contributed by atoms with E-state index in [1.165, 1.54) is 32.1 Å². The van der Waals surface area contributed by atoms with Crippen molar-refractivity contribution in [1.82, 2.24) is 26.1 Å². The van der Waals surface area contributed by atoms with E-state index in [9.17, 15) is 4.39 Å². The zero-order valence-electron chi connectivity index (χ0n) is 23.4. The molecule has 2 rings (SSSR count). The second-order valence-corrected chi connectivity index (χ2v) is 9.40. The number of nitrogens with one attached hydrogen (secondary N) is 4. The van der Waals surface area contributed by atoms with Crippen molar-refractivity contribution >= 4 is 11.6 Å². The van der Waals surface area contributed by atoms with Crippen molar-refractivity contribution in [1.29, 1.82) is 0 Å². The van der Waals surface area contributed by atoms with E-state index >= 15 is 0 Å². The maximum atomic E-state index is 14.7. The van der Waals surface area contributed by atoms with E-state index in [2.05, 4.69) is 53.2 Å². The topological polar surface area (TPSA) is 64.8 Å². The predicted molar refractivity (Wildman–Crippen MR) is 156 cm³/mol. The van der Waals surface area contributed by atoms with Crippen molar-refractivity contribution in [2.24, 2.45) is 0 Å². The lowest BCUT2D eigenvalue weighted by Gasteiger charge is -2.24. The Kier molecular flexibility index (Phi) is 21.1. The summed E-state index contributed by atoms with van der Waals surface area (Å²) in [5, 5.41) is 17.7. The number of alkyl halides is 1. The molecule has 7 heteroatoms. The van der Waals surface area contributed by atoms with Crippen LogP contribution in [0, 0.1) is 6.92 Å². The lowest BCUT2D eigenvalue weighted by atomic mass is 10.0. The van der Waals surface area contributed by atoms with Gasteiger partial charge in [0.2, 0.25) is 0 Å². The van der Waals surface area contributed by atoms with Crippen LogP contribution < -0.4 is 16.0 Å². The number of aromatic nitrogens is 2. The van der Waals surface area contributed by atoms with Crippen LogP contribution in [-0.4, -0.2) is 42.0 Å². The van der Waals surface area contributed by atoms with Gasteiger partial charge in [-0.05, 0) is 77.3 Å². The number of unbranched alkanes of at least 4 members (excludes halogenated alkanes) is 1. The van der Waals surface area contributed by atoms with Crippen molar-refractivity contribution in [3.05, 3.63) is 65.1 Å². The number of halogens is 2. The number of aryl methyl sites for hydroxylation is 1. The van der Waals surface area contributed by atoms with Gasteiger partial charge in [-0.3, -0.25) is 5.10 Å². The Balaban J connectivity index is 0.00000155. The second kappa shape index (κ2) is 22.3. The smallest absolute Gasteiger partial charge is 0.158 e. The van der Waals surface area contributed by atoms with Gasteiger partial charge < -0.3 is 16.0 Å². The number of nitrogens with zero attached hydrogens (tertiary/aromatic N) is 1. The first-order valence-electron chi connectivity index (χ1n) is 13.4. The molecule has 1 saturated heterocycles. The molecule has 0 aromatic carbocycles. The van der Waals surface area contributed by atoms with Gasteiger partial charge in [-0.2, -0.15) is 5.10 Å². The summed E-state index contributed by atoms with van der Waals surface area (Å²) in [4.78, 5) is 0. The van der Waals surface area contributed by atoms with Gasteiger partial charge in [-0.25, -0.2) is 4.39 Å². The van der Waals surface area contributed by atoms with Crippen molar-refractivity contribution in [2.45, 2.75) is 98.3 Å². The zero-order valence-corrected chi connectivity index (χ0v) is 24.1. The normalized spacial score (nSPS) is 16.7. The molecule has 5 nitrogen and oxygen atoms in total. The molecule has 1 aromatic rings. The van der Waals surface area contributed by atoms with Gasteiger partial charge >= 0.3 is 0 Å². The fourth-order valence-electron chi connectivity index (χ4n) is 3.42. The number of rotatable bonds is 13. The molecule has 2 heterocycles. The van der Waals surface area contributed by atoms with E-state index < -0.39 is 6.17 Å². The Labute approximate surface area is 225 Å². The van der Waals surface area contributed by atoms with Gasteiger partial charge in [-0.1, -0.05) is 63.4 Å². The van der Waals surface area contributed by atoms with Gasteiger partial charge in [-0.15, -0.1) is 6.58 Å². The number of hydrogen-bond acceptors (Lipinski definition) is 4. The van der Waals surface area contributed by atoms with Crippen molar-refractivity contribution in [2.75, 3.05) is 19.6 Å². The van der Waals surface area contributed by atoms with Crippen LogP contribution in [0.15, 0.2) is 53.8 Å². The minimum absolute atomic E-state index is 0.388. The molecule has 2 atom stereocenters. The summed E-state index contributed by atoms with van der Waals surface area (Å²) < 4.78 is 14.7. The molecule has 0 aliphatic carbocycles. The highest BCUT2D eigenvalue weighted by atomic mass is 35.5. The third kappa shape index (κ3) is 16.7. The summed E-state index contributed by atoms with van der Waals surface area (Å²) in [7, 11) is 0. The minimum Gasteiger partial charge on any atom is -0.386 e. The summed E-state index contributed by atoms with van der Waals surface area (Å²) in [5.74, 6) is 0. The van der Waals surface area contributed by atoms with Crippen LogP contribution in [0.2, 0.25) is 0 Å². The first-order valence-corrected chi connectivity index (χ1v) is 13.8. The van der Waals surface area contributed by atoms with Crippen LogP contribution in [0.4, 0.5) is 4.39 Å². The van der Waals surface area contributed by atoms with Gasteiger partial charge in [0, 0.05) is 35.6 Å². The fourth-order valence-corrected chi connectivity index (χ4v) is 3.58. The van der Waals surface area contributed by atoms with Crippen LogP contribution >= 0.6 is 11.6 Å². The van der Waals surface area contributed by atoms with Gasteiger partial charge in [0.1, 0.15) is 0 Å². The van der Waals surface area contributed by atoms with E-state index in [0.717, 1.165) is 36.5 Å². The molecule has 0 saturated carbocycles. The molecule has 206 valence electrons. The van der Waals surface area contributed by atoms with E-state index in [4.69, 9.17) is 11.6 Å². The molecule has 0 bridgehead atoms. The van der Waals surface area contributed by atoms with Crippen LogP contribution in [-0.2, 0) is 6.54 Å². The van der Waals surface area contributed by atoms with Crippen molar-refractivity contribution < 1.29 is 4.39 Å². The quantitative estimate of drug-likeness (QED) is 0.125. The lowest BCUT2D eigenvalue weighted by molar-refractivity contribution is 0.372. The Morgan fingerprint density at radius 3 is 2.50 bits per heavy atom. The van der Waals surface area contributed by atoms with Crippen LogP contribution in [0.3, 0.4) is 0 Å². The average Bonchev–Trinajstić information content (AvgIpc) is 3.31. The Morgan fingerprint density at radius 2 is 1.97 bits per heavy atom. The number of aromatic amines is 1. The number of piperidine rings is 1. The zero-order chi connectivity index (χ0) is 27.2. The molecule has 1 fully saturated rings. The maximum Gasteiger partial charge on any atom is 0.158 e. The SMILES string of the molecule is C=C(NCCC1CCCCN1)C(F)C=C(CCNCc1cc(C)[nH]n1)/C(Cl)=C\C.C=CC.CCCC. The Morgan fingerprint density at radius 1 is 1.28 bits per heavy atom. The standard InChI is InChI=1S/C22H35ClFN5.C4H10.C3H6/c1-4-21(23)18(8-11-25-15-20-13-16(2)28-29-20)14-22(24)17(3)26-12-9-19-7-5-6-10-27-19;1-3-4-2;1-3-2/h4,13-14,19,22,25-27H,3,5-12,15H2,1-2H3,(H,28,29);3-4H2,1-2H3;3H,1H2,2H3/b18-14?,21-4+;;. The average molecular weight is 524 g/mol. The van der Waals surface area contributed by atoms with Crippen LogP contribution in [0.5, 0.6) is 0 Å². The Hall–Kier alpha value is -1.89. The molecular weight excluding hydrogens is 473 g/mol. The second-order valence-electron chi connectivity index (χ2n) is 9.00. The highest BCUT2D eigenvalue weighted by Crippen LogP contribution is 2.21. The molecule has 1 aliphatic heterocycles. The number of allylic oxidation sites excluding steroid dienone is 4. The third-order valence-electron chi connectivity index (χ3n) is 5.63. The summed E-state index contributed by atoms with van der Waals surface area (Å²) in [6, 6.07) is 2.52. The maximum absolute atomic E-state index is 14.7. The van der Waals surface area contributed by atoms with Crippen LogP contribution in [0.1, 0.15) is 84.0 Å².